The van der Waals surface area contributed by atoms with Crippen LogP contribution in [0.1, 0.15) is 34.8 Å². The Morgan fingerprint density at radius 2 is 2.19 bits per heavy atom. The molecule has 0 unspecified atom stereocenters. The van der Waals surface area contributed by atoms with Gasteiger partial charge in [0.05, 0.1) is 13.2 Å². The molecule has 0 spiro atoms. The maximum Gasteiger partial charge on any atom is 0.253 e. The van der Waals surface area contributed by atoms with Crippen LogP contribution < -0.4 is 0 Å². The molecule has 0 bridgehead atoms. The molecule has 21 heavy (non-hydrogen) atoms. The zero-order valence-corrected chi connectivity index (χ0v) is 13.0. The Kier molecular flexibility index (Phi) is 7.52. The first kappa shape index (κ1) is 17.2. The molecule has 0 radical (unpaired) electrons. The van der Waals surface area contributed by atoms with Gasteiger partial charge in [0.1, 0.15) is 0 Å². The van der Waals surface area contributed by atoms with Gasteiger partial charge in [0.2, 0.25) is 0 Å². The largest absolute Gasteiger partial charge is 0.395 e. The van der Waals surface area contributed by atoms with Gasteiger partial charge in [-0.15, -0.1) is 0 Å². The minimum atomic E-state index is -0.0207. The van der Waals surface area contributed by atoms with E-state index < -0.39 is 0 Å². The minimum absolute atomic E-state index is 0.0207. The van der Waals surface area contributed by atoms with Gasteiger partial charge < -0.3 is 14.7 Å². The van der Waals surface area contributed by atoms with Crippen molar-refractivity contribution in [2.45, 2.75) is 20.3 Å². The molecule has 0 aliphatic carbocycles. The number of ether oxygens (including phenoxy) is 1. The van der Waals surface area contributed by atoms with E-state index >= 15 is 0 Å². The van der Waals surface area contributed by atoms with E-state index in [0.29, 0.717) is 31.7 Å². The highest BCUT2D eigenvalue weighted by molar-refractivity contribution is 5.94. The Bertz CT molecular complexity index is 529. The molecule has 0 saturated carbocycles. The first-order valence-corrected chi connectivity index (χ1v) is 7.13. The van der Waals surface area contributed by atoms with Crippen LogP contribution in [0, 0.1) is 18.8 Å². The topological polar surface area (TPSA) is 49.8 Å². The third-order valence-electron chi connectivity index (χ3n) is 3.06. The lowest BCUT2D eigenvalue weighted by Crippen LogP contribution is -2.30. The molecule has 1 aromatic carbocycles. The van der Waals surface area contributed by atoms with Crippen molar-refractivity contribution in [3.63, 3.8) is 0 Å². The molecule has 114 valence electrons. The van der Waals surface area contributed by atoms with E-state index in [9.17, 15) is 4.79 Å². The Labute approximate surface area is 126 Å². The zero-order valence-electron chi connectivity index (χ0n) is 13.0. The van der Waals surface area contributed by atoms with Crippen LogP contribution in [0.15, 0.2) is 18.2 Å². The van der Waals surface area contributed by atoms with E-state index in [1.54, 1.807) is 18.0 Å². The fourth-order valence-corrected chi connectivity index (χ4v) is 1.82. The van der Waals surface area contributed by atoms with Crippen molar-refractivity contribution in [1.82, 2.24) is 4.90 Å². The summed E-state index contributed by atoms with van der Waals surface area (Å²) in [4.78, 5) is 13.9. The third-order valence-corrected chi connectivity index (χ3v) is 3.06. The summed E-state index contributed by atoms with van der Waals surface area (Å²) in [6.07, 6.45) is 0.459. The predicted octanol–water partition coefficient (Wildman–Crippen LogP) is 1.84. The van der Waals surface area contributed by atoms with Crippen LogP contribution in [-0.2, 0) is 4.74 Å². The molecule has 0 saturated heterocycles. The lowest BCUT2D eigenvalue weighted by Gasteiger charge is -2.17. The number of aliphatic hydroxyl groups is 1. The second-order valence-corrected chi connectivity index (χ2v) is 4.73. The molecular weight excluding hydrogens is 266 g/mol. The predicted molar refractivity (Wildman–Crippen MR) is 83.2 cm³/mol. The Morgan fingerprint density at radius 1 is 1.43 bits per heavy atom. The molecule has 4 heteroatoms. The Hall–Kier alpha value is -1.83. The van der Waals surface area contributed by atoms with Gasteiger partial charge >= 0.3 is 0 Å². The van der Waals surface area contributed by atoms with Gasteiger partial charge in [-0.1, -0.05) is 11.8 Å². The Balaban J connectivity index is 2.74. The summed E-state index contributed by atoms with van der Waals surface area (Å²) in [6.45, 7) is 5.70. The number of benzene rings is 1. The van der Waals surface area contributed by atoms with Gasteiger partial charge in [-0.25, -0.2) is 0 Å². The normalized spacial score (nSPS) is 9.90. The lowest BCUT2D eigenvalue weighted by molar-refractivity contribution is 0.0710. The standard InChI is InChI=1S/C17H23NO3/c1-4-21-12-10-18(3)17(20)16-9-8-15(14(2)13-16)7-5-6-11-19/h8-9,13,19H,4,6,10-12H2,1-3H3. The summed E-state index contributed by atoms with van der Waals surface area (Å²) in [5.74, 6) is 5.86. The highest BCUT2D eigenvalue weighted by atomic mass is 16.5. The summed E-state index contributed by atoms with van der Waals surface area (Å²) in [6, 6.07) is 5.49. The smallest absolute Gasteiger partial charge is 0.253 e. The van der Waals surface area contributed by atoms with Crippen molar-refractivity contribution >= 4 is 5.91 Å². The first-order valence-electron chi connectivity index (χ1n) is 7.13. The summed E-state index contributed by atoms with van der Waals surface area (Å²) < 4.78 is 5.26. The average Bonchev–Trinajstić information content (AvgIpc) is 2.48. The second-order valence-electron chi connectivity index (χ2n) is 4.73. The fraction of sp³-hybridized carbons (Fsp3) is 0.471. The van der Waals surface area contributed by atoms with Gasteiger partial charge in [-0.05, 0) is 37.6 Å². The van der Waals surface area contributed by atoms with Crippen LogP contribution in [-0.4, -0.2) is 49.3 Å². The molecule has 1 rings (SSSR count). The van der Waals surface area contributed by atoms with Crippen LogP contribution >= 0.6 is 0 Å². The number of carbonyl (C=O) groups is 1. The molecule has 0 heterocycles. The maximum atomic E-state index is 12.3. The van der Waals surface area contributed by atoms with Crippen LogP contribution in [0.4, 0.5) is 0 Å². The van der Waals surface area contributed by atoms with Gasteiger partial charge in [-0.2, -0.15) is 0 Å². The number of aryl methyl sites for hydroxylation is 1. The average molecular weight is 289 g/mol. The van der Waals surface area contributed by atoms with Gasteiger partial charge in [0, 0.05) is 37.7 Å². The number of hydrogen-bond donors (Lipinski definition) is 1. The first-order chi connectivity index (χ1) is 10.1. The molecule has 0 aromatic heterocycles. The van der Waals surface area contributed by atoms with E-state index in [2.05, 4.69) is 11.8 Å². The molecule has 1 N–H and O–H groups in total. The number of rotatable bonds is 6. The number of carbonyl (C=O) groups excluding carboxylic acids is 1. The van der Waals surface area contributed by atoms with Gasteiger partial charge in [-0.3, -0.25) is 4.79 Å². The molecule has 0 aliphatic rings. The second kappa shape index (κ2) is 9.17. The fourth-order valence-electron chi connectivity index (χ4n) is 1.82. The summed E-state index contributed by atoms with van der Waals surface area (Å²) in [5, 5.41) is 8.72. The van der Waals surface area contributed by atoms with Crippen LogP contribution in [0.25, 0.3) is 0 Å². The van der Waals surface area contributed by atoms with E-state index in [1.807, 2.05) is 26.0 Å². The molecule has 0 aliphatic heterocycles. The van der Waals surface area contributed by atoms with E-state index in [-0.39, 0.29) is 12.5 Å². The van der Waals surface area contributed by atoms with Crippen molar-refractivity contribution in [2.24, 2.45) is 0 Å². The van der Waals surface area contributed by atoms with Crippen molar-refractivity contribution in [3.8, 4) is 11.8 Å². The number of aliphatic hydroxyl groups excluding tert-OH is 1. The van der Waals surface area contributed by atoms with Crippen LogP contribution in [0.5, 0.6) is 0 Å². The minimum Gasteiger partial charge on any atom is -0.395 e. The van der Waals surface area contributed by atoms with Gasteiger partial charge in [0.25, 0.3) is 5.91 Å². The highest BCUT2D eigenvalue weighted by Gasteiger charge is 2.12. The molecule has 1 amide bonds. The maximum absolute atomic E-state index is 12.3. The van der Waals surface area contributed by atoms with Gasteiger partial charge in [0.15, 0.2) is 0 Å². The number of hydrogen-bond acceptors (Lipinski definition) is 3. The van der Waals surface area contributed by atoms with E-state index in [1.165, 1.54) is 0 Å². The van der Waals surface area contributed by atoms with Crippen molar-refractivity contribution in [2.75, 3.05) is 33.4 Å². The summed E-state index contributed by atoms with van der Waals surface area (Å²) >= 11 is 0. The molecule has 1 aromatic rings. The SMILES string of the molecule is CCOCCN(C)C(=O)c1ccc(C#CCCO)c(C)c1. The quantitative estimate of drug-likeness (QED) is 0.642. The summed E-state index contributed by atoms with van der Waals surface area (Å²) in [5.41, 5.74) is 2.50. The molecule has 0 atom stereocenters. The number of nitrogens with zero attached hydrogens (tertiary/aromatic N) is 1. The molecule has 0 fully saturated rings. The lowest BCUT2D eigenvalue weighted by atomic mass is 10.0. The van der Waals surface area contributed by atoms with E-state index in [4.69, 9.17) is 9.84 Å². The highest BCUT2D eigenvalue weighted by Crippen LogP contribution is 2.12. The van der Waals surface area contributed by atoms with Crippen molar-refractivity contribution in [1.29, 1.82) is 0 Å². The summed E-state index contributed by atoms with van der Waals surface area (Å²) in [7, 11) is 1.77. The van der Waals surface area contributed by atoms with Crippen molar-refractivity contribution in [3.05, 3.63) is 34.9 Å². The molecular formula is C17H23NO3. The van der Waals surface area contributed by atoms with Crippen molar-refractivity contribution < 1.29 is 14.6 Å². The number of likely N-dealkylation sites (N-methyl/N-ethyl adjacent to an activating group) is 1. The monoisotopic (exact) mass is 289 g/mol. The third kappa shape index (κ3) is 5.58. The number of amides is 1. The zero-order chi connectivity index (χ0) is 15.7. The Morgan fingerprint density at radius 3 is 2.81 bits per heavy atom. The van der Waals surface area contributed by atoms with E-state index in [0.717, 1.165) is 11.1 Å². The van der Waals surface area contributed by atoms with Crippen LogP contribution in [0.3, 0.4) is 0 Å². The molecule has 4 nitrogen and oxygen atoms in total. The van der Waals surface area contributed by atoms with Crippen LogP contribution in [0.2, 0.25) is 0 Å².